The van der Waals surface area contributed by atoms with Gasteiger partial charge in [0.2, 0.25) is 0 Å². The molecule has 2 aliphatic rings. The van der Waals surface area contributed by atoms with Gasteiger partial charge in [0.05, 0.1) is 6.10 Å². The molecule has 2 aliphatic carbocycles. The van der Waals surface area contributed by atoms with Gasteiger partial charge in [-0.3, -0.25) is 4.79 Å². The third-order valence-electron chi connectivity index (χ3n) is 7.02. The molecule has 0 N–H and O–H groups in total. The second kappa shape index (κ2) is 6.57. The van der Waals surface area contributed by atoms with Gasteiger partial charge in [0.15, 0.2) is 14.1 Å². The molecular weight excluding hydrogens is 312 g/mol. The molecule has 1 saturated carbocycles. The van der Waals surface area contributed by atoms with E-state index in [-0.39, 0.29) is 28.3 Å². The van der Waals surface area contributed by atoms with E-state index in [4.69, 9.17) is 4.43 Å². The smallest absolute Gasteiger partial charge is 0.192 e. The van der Waals surface area contributed by atoms with E-state index in [2.05, 4.69) is 54.3 Å². The van der Waals surface area contributed by atoms with E-state index >= 15 is 0 Å². The van der Waals surface area contributed by atoms with Crippen LogP contribution in [0.3, 0.4) is 0 Å². The van der Waals surface area contributed by atoms with Crippen LogP contribution in [-0.4, -0.2) is 20.2 Å². The van der Waals surface area contributed by atoms with Gasteiger partial charge in [-0.15, -0.1) is 6.58 Å². The Balaban J connectivity index is 2.35. The van der Waals surface area contributed by atoms with Crippen molar-refractivity contribution >= 4 is 14.1 Å². The number of carbonyl (C=O) groups excluding carboxylic acids is 1. The lowest BCUT2D eigenvalue weighted by Gasteiger charge is -2.51. The highest BCUT2D eigenvalue weighted by Crippen LogP contribution is 2.53. The molecule has 2 nitrogen and oxygen atoms in total. The van der Waals surface area contributed by atoms with Crippen molar-refractivity contribution in [2.45, 2.75) is 84.5 Å². The summed E-state index contributed by atoms with van der Waals surface area (Å²) in [6.07, 6.45) is 7.94. The molecule has 0 spiro atoms. The minimum Gasteiger partial charge on any atom is -0.410 e. The molecule has 24 heavy (non-hydrogen) atoms. The fourth-order valence-electron chi connectivity index (χ4n) is 4.04. The maximum atomic E-state index is 12.6. The van der Waals surface area contributed by atoms with Crippen LogP contribution in [0.25, 0.3) is 0 Å². The fourth-order valence-corrected chi connectivity index (χ4v) is 5.35. The molecule has 4 atom stereocenters. The van der Waals surface area contributed by atoms with Crippen LogP contribution in [0, 0.1) is 17.3 Å². The molecule has 0 radical (unpaired) electrons. The lowest BCUT2D eigenvalue weighted by molar-refractivity contribution is -0.121. The SMILES string of the molecule is C=CC[C@H]1C[C@]2(C)C(=CC1=O)[C@@H](O[Si](C)(C)C(C)(C)C)CC[C@H]2C. The molecule has 136 valence electrons. The van der Waals surface area contributed by atoms with Crippen LogP contribution in [0.15, 0.2) is 24.3 Å². The van der Waals surface area contributed by atoms with Gasteiger partial charge in [-0.25, -0.2) is 0 Å². The molecule has 0 bridgehead atoms. The lowest BCUT2D eigenvalue weighted by Crippen LogP contribution is -2.50. The molecule has 2 rings (SSSR count). The molecule has 0 saturated heterocycles. The van der Waals surface area contributed by atoms with Crippen LogP contribution in [0.5, 0.6) is 0 Å². The van der Waals surface area contributed by atoms with E-state index in [1.54, 1.807) is 0 Å². The average molecular weight is 349 g/mol. The minimum atomic E-state index is -1.85. The second-order valence-electron chi connectivity index (χ2n) is 9.69. The summed E-state index contributed by atoms with van der Waals surface area (Å²) in [5, 5.41) is 0.192. The van der Waals surface area contributed by atoms with E-state index in [0.717, 1.165) is 19.3 Å². The molecule has 0 aromatic heterocycles. The van der Waals surface area contributed by atoms with Crippen molar-refractivity contribution in [1.29, 1.82) is 0 Å². The molecule has 3 heteroatoms. The van der Waals surface area contributed by atoms with Crippen LogP contribution in [0.1, 0.15) is 60.3 Å². The summed E-state index contributed by atoms with van der Waals surface area (Å²) >= 11 is 0. The maximum Gasteiger partial charge on any atom is 0.192 e. The van der Waals surface area contributed by atoms with Crippen LogP contribution in [0.4, 0.5) is 0 Å². The third-order valence-corrected chi connectivity index (χ3v) is 11.5. The normalized spacial score (nSPS) is 34.5. The van der Waals surface area contributed by atoms with Gasteiger partial charge in [-0.05, 0) is 66.8 Å². The largest absolute Gasteiger partial charge is 0.410 e. The van der Waals surface area contributed by atoms with E-state index in [0.29, 0.717) is 5.92 Å². The number of rotatable bonds is 4. The molecule has 0 amide bonds. The predicted molar refractivity (Wildman–Crippen MR) is 105 cm³/mol. The predicted octanol–water partition coefficient (Wildman–Crippen LogP) is 5.90. The van der Waals surface area contributed by atoms with Crippen molar-refractivity contribution in [3.63, 3.8) is 0 Å². The summed E-state index contributed by atoms with van der Waals surface area (Å²) in [6.45, 7) is 20.0. The number of hydrogen-bond donors (Lipinski definition) is 0. The number of fused-ring (bicyclic) bond motifs is 1. The van der Waals surface area contributed by atoms with Crippen LogP contribution in [0.2, 0.25) is 18.1 Å². The lowest BCUT2D eigenvalue weighted by atomic mass is 9.57. The second-order valence-corrected chi connectivity index (χ2v) is 14.4. The van der Waals surface area contributed by atoms with Gasteiger partial charge < -0.3 is 4.43 Å². The van der Waals surface area contributed by atoms with Crippen LogP contribution in [-0.2, 0) is 9.22 Å². The summed E-state index contributed by atoms with van der Waals surface area (Å²) in [7, 11) is -1.85. The van der Waals surface area contributed by atoms with Crippen molar-refractivity contribution in [2.75, 3.05) is 0 Å². The van der Waals surface area contributed by atoms with E-state index in [9.17, 15) is 4.79 Å². The Kier molecular flexibility index (Phi) is 5.38. The standard InChI is InChI=1S/C21H36O2Si/c1-9-10-16-14-21(6)15(2)11-12-19(17(21)13-18(16)22)23-24(7,8)20(3,4)5/h9,13,15-16,19H,1,10-12,14H2,2-8H3/t15-,16+,19+,21+/m1/s1. The Morgan fingerprint density at radius 2 is 2.00 bits per heavy atom. The van der Waals surface area contributed by atoms with Crippen molar-refractivity contribution in [1.82, 2.24) is 0 Å². The van der Waals surface area contributed by atoms with Crippen molar-refractivity contribution in [2.24, 2.45) is 17.3 Å². The number of hydrogen-bond acceptors (Lipinski definition) is 2. The first-order chi connectivity index (χ1) is 10.9. The summed E-state index contributed by atoms with van der Waals surface area (Å²) in [5.41, 5.74) is 1.36. The first kappa shape index (κ1) is 19.6. The number of carbonyl (C=O) groups is 1. The Morgan fingerprint density at radius 1 is 1.38 bits per heavy atom. The molecule has 1 fully saturated rings. The monoisotopic (exact) mass is 348 g/mol. The topological polar surface area (TPSA) is 26.3 Å². The van der Waals surface area contributed by atoms with Crippen molar-refractivity contribution < 1.29 is 9.22 Å². The first-order valence-corrected chi connectivity index (χ1v) is 12.4. The van der Waals surface area contributed by atoms with Gasteiger partial charge in [0.1, 0.15) is 0 Å². The van der Waals surface area contributed by atoms with Gasteiger partial charge in [-0.2, -0.15) is 0 Å². The fraction of sp³-hybridized carbons (Fsp3) is 0.762. The highest BCUT2D eigenvalue weighted by Gasteiger charge is 2.49. The zero-order chi connectivity index (χ0) is 18.3. The Bertz CT molecular complexity index is 541. The van der Waals surface area contributed by atoms with Gasteiger partial charge >= 0.3 is 0 Å². The Morgan fingerprint density at radius 3 is 2.54 bits per heavy atom. The average Bonchev–Trinajstić information content (AvgIpc) is 2.44. The Hall–Kier alpha value is -0.673. The summed E-state index contributed by atoms with van der Waals surface area (Å²) in [4.78, 5) is 12.6. The van der Waals surface area contributed by atoms with Gasteiger partial charge in [0, 0.05) is 5.92 Å². The quantitative estimate of drug-likeness (QED) is 0.466. The van der Waals surface area contributed by atoms with Gasteiger partial charge in [0.25, 0.3) is 0 Å². The zero-order valence-corrected chi connectivity index (χ0v) is 17.7. The van der Waals surface area contributed by atoms with E-state index in [1.165, 1.54) is 12.0 Å². The summed E-state index contributed by atoms with van der Waals surface area (Å²) in [6, 6.07) is 0. The highest BCUT2D eigenvalue weighted by molar-refractivity contribution is 6.74. The number of ketones is 1. The van der Waals surface area contributed by atoms with E-state index in [1.807, 2.05) is 12.2 Å². The van der Waals surface area contributed by atoms with Crippen molar-refractivity contribution in [3.05, 3.63) is 24.3 Å². The maximum absolute atomic E-state index is 12.6. The van der Waals surface area contributed by atoms with Crippen LogP contribution < -0.4 is 0 Å². The number of allylic oxidation sites excluding steroid dienone is 2. The molecule has 0 unspecified atom stereocenters. The van der Waals surface area contributed by atoms with Crippen molar-refractivity contribution in [3.8, 4) is 0 Å². The molecule has 0 heterocycles. The molecule has 0 aromatic rings. The third kappa shape index (κ3) is 3.48. The minimum absolute atomic E-state index is 0.0901. The molecule has 0 aliphatic heterocycles. The van der Waals surface area contributed by atoms with Crippen LogP contribution >= 0.6 is 0 Å². The summed E-state index contributed by atoms with van der Waals surface area (Å²) < 4.78 is 6.77. The first-order valence-electron chi connectivity index (χ1n) is 9.47. The molecular formula is C21H36O2Si. The Labute approximate surface area is 149 Å². The molecule has 0 aromatic carbocycles. The zero-order valence-electron chi connectivity index (χ0n) is 16.7. The van der Waals surface area contributed by atoms with E-state index < -0.39 is 8.32 Å². The van der Waals surface area contributed by atoms with Gasteiger partial charge in [-0.1, -0.05) is 40.7 Å². The summed E-state index contributed by atoms with van der Waals surface area (Å²) in [5.74, 6) is 0.981. The highest BCUT2D eigenvalue weighted by atomic mass is 28.4.